The molecule has 1 aromatic rings. The van der Waals surface area contributed by atoms with Crippen molar-refractivity contribution in [3.8, 4) is 0 Å². The molecule has 0 aliphatic carbocycles. The van der Waals surface area contributed by atoms with Gasteiger partial charge < -0.3 is 4.74 Å². The summed E-state index contributed by atoms with van der Waals surface area (Å²) in [6.45, 7) is 7.04. The number of ether oxygens (including phenoxy) is 1. The molecule has 0 aromatic heterocycles. The second-order valence-corrected chi connectivity index (χ2v) is 8.60. The first-order chi connectivity index (χ1) is 11.0. The summed E-state index contributed by atoms with van der Waals surface area (Å²) in [4.78, 5) is 16.4. The number of carbonyl (C=O) groups is 1. The van der Waals surface area contributed by atoms with Gasteiger partial charge in [-0.1, -0.05) is 11.8 Å². The highest BCUT2D eigenvalue weighted by Crippen LogP contribution is 2.38. The lowest BCUT2D eigenvalue weighted by molar-refractivity contribution is 0.0564. The smallest absolute Gasteiger partial charge is 0.413 e. The molecule has 1 aromatic carbocycles. The van der Waals surface area contributed by atoms with Crippen LogP contribution < -0.4 is 5.32 Å². The van der Waals surface area contributed by atoms with Crippen molar-refractivity contribution in [3.63, 3.8) is 0 Å². The van der Waals surface area contributed by atoms with Gasteiger partial charge in [-0.15, -0.1) is 0 Å². The number of nitrogens with one attached hydrogen (secondary N) is 1. The Labute approximate surface area is 152 Å². The molecule has 0 saturated carbocycles. The Hall–Kier alpha value is -1.15. The first kappa shape index (κ1) is 19.2. The van der Waals surface area contributed by atoms with E-state index in [0.29, 0.717) is 17.3 Å². The van der Waals surface area contributed by atoms with Gasteiger partial charge in [-0.25, -0.2) is 13.6 Å². The predicted molar refractivity (Wildman–Crippen MR) is 95.3 cm³/mol. The number of amides is 1. The van der Waals surface area contributed by atoms with Gasteiger partial charge in [0.05, 0.1) is 10.0 Å². The van der Waals surface area contributed by atoms with Crippen molar-refractivity contribution in [2.45, 2.75) is 45.3 Å². The zero-order valence-electron chi connectivity index (χ0n) is 13.9. The topological polar surface area (TPSA) is 50.7 Å². The number of thioether (sulfide) groups is 1. The van der Waals surface area contributed by atoms with Crippen LogP contribution in [-0.2, 0) is 10.3 Å². The number of carbonyl (C=O) groups excluding carboxylic acids is 1. The number of hydrogen-bond donors (Lipinski definition) is 1. The lowest BCUT2D eigenvalue weighted by atomic mass is 9.89. The van der Waals surface area contributed by atoms with E-state index < -0.39 is 28.9 Å². The third-order valence-electron chi connectivity index (χ3n) is 3.37. The summed E-state index contributed by atoms with van der Waals surface area (Å²) in [6, 6.07) is 2.23. The largest absolute Gasteiger partial charge is 0.444 e. The minimum atomic E-state index is -0.893. The van der Waals surface area contributed by atoms with Gasteiger partial charge >= 0.3 is 6.09 Å². The molecule has 1 atom stereocenters. The van der Waals surface area contributed by atoms with Gasteiger partial charge in [0, 0.05) is 17.4 Å². The molecule has 1 aliphatic heterocycles. The maximum Gasteiger partial charge on any atom is 0.413 e. The molecule has 24 heavy (non-hydrogen) atoms. The number of hydrogen-bond acceptors (Lipinski definition) is 4. The van der Waals surface area contributed by atoms with E-state index >= 15 is 0 Å². The maximum atomic E-state index is 14.2. The van der Waals surface area contributed by atoms with Gasteiger partial charge in [0.2, 0.25) is 0 Å². The Kier molecular flexibility index (Phi) is 5.59. The lowest BCUT2D eigenvalue weighted by Crippen LogP contribution is -2.38. The molecule has 132 valence electrons. The standard InChI is InChI=1S/C16H19BrF2N2O2S/c1-15(2,3)23-14(22)20-13-21-16(4,5-6-24-13)9-7-10(17)12(19)8-11(9)18/h7-8H,5-6H2,1-4H3,(H,20,21,22)/t16-/m0/s1. The molecule has 0 saturated heterocycles. The second-order valence-electron chi connectivity index (χ2n) is 6.66. The maximum absolute atomic E-state index is 14.2. The molecule has 1 aliphatic rings. The number of nitrogens with zero attached hydrogens (tertiary/aromatic N) is 1. The van der Waals surface area contributed by atoms with Gasteiger partial charge in [0.25, 0.3) is 0 Å². The van der Waals surface area contributed by atoms with E-state index in [9.17, 15) is 13.6 Å². The van der Waals surface area contributed by atoms with Crippen molar-refractivity contribution in [2.75, 3.05) is 5.75 Å². The van der Waals surface area contributed by atoms with E-state index in [-0.39, 0.29) is 10.0 Å². The summed E-state index contributed by atoms with van der Waals surface area (Å²) >= 11 is 4.43. The quantitative estimate of drug-likeness (QED) is 0.653. The molecule has 0 fully saturated rings. The van der Waals surface area contributed by atoms with Crippen molar-refractivity contribution >= 4 is 39.0 Å². The zero-order valence-corrected chi connectivity index (χ0v) is 16.3. The number of rotatable bonds is 1. The second kappa shape index (κ2) is 7.00. The Balaban J connectivity index is 2.27. The molecular weight excluding hydrogens is 402 g/mol. The van der Waals surface area contributed by atoms with Crippen molar-refractivity contribution in [3.05, 3.63) is 33.8 Å². The Morgan fingerprint density at radius 3 is 2.67 bits per heavy atom. The summed E-state index contributed by atoms with van der Waals surface area (Å²) in [6.07, 6.45) is -0.0506. The van der Waals surface area contributed by atoms with Gasteiger partial charge in [-0.2, -0.15) is 0 Å². The Bertz CT molecular complexity index is 691. The van der Waals surface area contributed by atoms with Crippen LogP contribution in [0, 0.1) is 11.6 Å². The van der Waals surface area contributed by atoms with Crippen LogP contribution in [0.25, 0.3) is 0 Å². The summed E-state index contributed by atoms with van der Waals surface area (Å²) in [7, 11) is 0. The van der Waals surface area contributed by atoms with Crippen molar-refractivity contribution in [1.82, 2.24) is 5.32 Å². The minimum Gasteiger partial charge on any atom is -0.444 e. The normalized spacial score (nSPS) is 21.2. The van der Waals surface area contributed by atoms with E-state index in [1.807, 2.05) is 0 Å². The first-order valence-electron chi connectivity index (χ1n) is 7.38. The number of amidine groups is 1. The van der Waals surface area contributed by atoms with E-state index in [0.717, 1.165) is 6.07 Å². The molecule has 8 heteroatoms. The zero-order chi connectivity index (χ0) is 18.1. The molecule has 1 amide bonds. The summed E-state index contributed by atoms with van der Waals surface area (Å²) in [5.41, 5.74) is -1.24. The van der Waals surface area contributed by atoms with Crippen LogP contribution in [-0.4, -0.2) is 22.6 Å². The number of aliphatic imine (C=N–C) groups is 1. The molecule has 0 bridgehead atoms. The number of alkyl carbamates (subject to hydrolysis) is 1. The highest BCUT2D eigenvalue weighted by atomic mass is 79.9. The van der Waals surface area contributed by atoms with Gasteiger partial charge in [0.15, 0.2) is 5.17 Å². The van der Waals surface area contributed by atoms with Crippen molar-refractivity contribution in [1.29, 1.82) is 0 Å². The number of benzene rings is 1. The Morgan fingerprint density at radius 2 is 2.04 bits per heavy atom. The lowest BCUT2D eigenvalue weighted by Gasteiger charge is -2.31. The Morgan fingerprint density at radius 1 is 1.38 bits per heavy atom. The molecular formula is C16H19BrF2N2O2S. The van der Waals surface area contributed by atoms with Crippen LogP contribution in [0.15, 0.2) is 21.6 Å². The van der Waals surface area contributed by atoms with Gasteiger partial charge in [-0.05, 0) is 56.1 Å². The summed E-state index contributed by atoms with van der Waals surface area (Å²) in [5, 5.41) is 2.95. The third-order valence-corrected chi connectivity index (χ3v) is 4.86. The van der Waals surface area contributed by atoms with Crippen molar-refractivity contribution in [2.24, 2.45) is 4.99 Å². The van der Waals surface area contributed by atoms with Gasteiger partial charge in [0.1, 0.15) is 17.2 Å². The van der Waals surface area contributed by atoms with E-state index in [1.54, 1.807) is 27.7 Å². The van der Waals surface area contributed by atoms with Crippen LogP contribution in [0.1, 0.15) is 39.7 Å². The molecule has 1 heterocycles. The fraction of sp³-hybridized carbons (Fsp3) is 0.500. The molecule has 0 unspecified atom stereocenters. The first-order valence-corrected chi connectivity index (χ1v) is 9.16. The van der Waals surface area contributed by atoms with Crippen LogP contribution in [0.3, 0.4) is 0 Å². The number of halogens is 3. The van der Waals surface area contributed by atoms with Crippen LogP contribution in [0.5, 0.6) is 0 Å². The molecule has 0 spiro atoms. The van der Waals surface area contributed by atoms with Gasteiger partial charge in [-0.3, -0.25) is 10.3 Å². The molecule has 0 radical (unpaired) electrons. The van der Waals surface area contributed by atoms with E-state index in [2.05, 4.69) is 26.2 Å². The minimum absolute atomic E-state index is 0.176. The SMILES string of the molecule is CC(C)(C)OC(=O)NC1=N[C@](C)(c2cc(Br)c(F)cc2F)CCS1. The fourth-order valence-electron chi connectivity index (χ4n) is 2.24. The molecule has 2 rings (SSSR count). The predicted octanol–water partition coefficient (Wildman–Crippen LogP) is 4.96. The molecule has 1 N–H and O–H groups in total. The van der Waals surface area contributed by atoms with Crippen LogP contribution in [0.2, 0.25) is 0 Å². The van der Waals surface area contributed by atoms with Crippen LogP contribution >= 0.6 is 27.7 Å². The van der Waals surface area contributed by atoms with E-state index in [1.165, 1.54) is 17.8 Å². The fourth-order valence-corrected chi connectivity index (χ4v) is 3.70. The molecule has 4 nitrogen and oxygen atoms in total. The van der Waals surface area contributed by atoms with Crippen molar-refractivity contribution < 1.29 is 18.3 Å². The van der Waals surface area contributed by atoms with Crippen LogP contribution in [0.4, 0.5) is 13.6 Å². The average Bonchev–Trinajstić information content (AvgIpc) is 2.40. The third kappa shape index (κ3) is 4.69. The average molecular weight is 421 g/mol. The summed E-state index contributed by atoms with van der Waals surface area (Å²) in [5.74, 6) is -0.689. The highest BCUT2D eigenvalue weighted by Gasteiger charge is 2.34. The van der Waals surface area contributed by atoms with E-state index in [4.69, 9.17) is 4.74 Å². The highest BCUT2D eigenvalue weighted by molar-refractivity contribution is 9.10. The summed E-state index contributed by atoms with van der Waals surface area (Å²) < 4.78 is 33.1. The monoisotopic (exact) mass is 420 g/mol.